The third-order valence-electron chi connectivity index (χ3n) is 1.91. The summed E-state index contributed by atoms with van der Waals surface area (Å²) in [4.78, 5) is 0. The van der Waals surface area contributed by atoms with Gasteiger partial charge >= 0.3 is 0 Å². The normalized spacial score (nSPS) is 10.8. The van der Waals surface area contributed by atoms with Gasteiger partial charge in [0.15, 0.2) is 0 Å². The van der Waals surface area contributed by atoms with E-state index >= 15 is 0 Å². The number of halogens is 1. The van der Waals surface area contributed by atoms with Gasteiger partial charge in [0.2, 0.25) is 0 Å². The maximum atomic E-state index is 13.1. The van der Waals surface area contributed by atoms with Crippen LogP contribution in [-0.2, 0) is 6.61 Å². The molecule has 0 aliphatic carbocycles. The van der Waals surface area contributed by atoms with E-state index < -0.39 is 0 Å². The number of aliphatic hydroxyl groups is 1. The van der Waals surface area contributed by atoms with Gasteiger partial charge in [0.1, 0.15) is 5.82 Å². The maximum absolute atomic E-state index is 13.1. The lowest BCUT2D eigenvalue weighted by Crippen LogP contribution is -1.93. The van der Waals surface area contributed by atoms with Gasteiger partial charge in [-0.25, -0.2) is 4.39 Å². The highest BCUT2D eigenvalue weighted by Gasteiger charge is 2.04. The molecule has 1 N–H and O–H groups in total. The van der Waals surface area contributed by atoms with Crippen LogP contribution < -0.4 is 0 Å². The quantitative estimate of drug-likeness (QED) is 0.719. The second kappa shape index (κ2) is 3.68. The number of aliphatic hydroxyl groups excluding tert-OH is 1. The molecular weight excluding hydrogens is 155 g/mol. The first-order chi connectivity index (χ1) is 5.65. The van der Waals surface area contributed by atoms with Crippen molar-refractivity contribution >= 4 is 0 Å². The van der Waals surface area contributed by atoms with Crippen molar-refractivity contribution in [3.8, 4) is 0 Å². The molecule has 0 spiro atoms. The molecule has 0 heterocycles. The molecule has 0 aromatic heterocycles. The zero-order chi connectivity index (χ0) is 9.14. The number of hydrogen-bond acceptors (Lipinski definition) is 1. The van der Waals surface area contributed by atoms with Crippen LogP contribution in [0, 0.1) is 5.82 Å². The largest absolute Gasteiger partial charge is 0.392 e. The third-order valence-corrected chi connectivity index (χ3v) is 1.91. The fourth-order valence-electron chi connectivity index (χ4n) is 1.05. The molecule has 0 saturated heterocycles. The lowest BCUT2D eigenvalue weighted by atomic mass is 10.0. The van der Waals surface area contributed by atoms with Crippen molar-refractivity contribution in [1.82, 2.24) is 0 Å². The van der Waals surface area contributed by atoms with Gasteiger partial charge in [-0.1, -0.05) is 26.0 Å². The summed E-state index contributed by atoms with van der Waals surface area (Å²) in [5, 5.41) is 8.71. The van der Waals surface area contributed by atoms with Gasteiger partial charge in [0.05, 0.1) is 6.61 Å². The van der Waals surface area contributed by atoms with Crippen LogP contribution in [0.5, 0.6) is 0 Å². The van der Waals surface area contributed by atoms with Crippen molar-refractivity contribution in [2.45, 2.75) is 26.4 Å². The van der Waals surface area contributed by atoms with Crippen LogP contribution >= 0.6 is 0 Å². The second-order valence-corrected chi connectivity index (χ2v) is 3.16. The smallest absolute Gasteiger partial charge is 0.128 e. The van der Waals surface area contributed by atoms with Crippen molar-refractivity contribution in [2.24, 2.45) is 0 Å². The highest BCUT2D eigenvalue weighted by atomic mass is 19.1. The first kappa shape index (κ1) is 9.20. The first-order valence-electron chi connectivity index (χ1n) is 4.04. The van der Waals surface area contributed by atoms with E-state index in [4.69, 9.17) is 5.11 Å². The van der Waals surface area contributed by atoms with E-state index in [1.807, 2.05) is 19.9 Å². The highest BCUT2D eigenvalue weighted by Crippen LogP contribution is 2.17. The van der Waals surface area contributed by atoms with E-state index in [1.165, 1.54) is 6.07 Å². The van der Waals surface area contributed by atoms with Gasteiger partial charge in [0, 0.05) is 5.56 Å². The Morgan fingerprint density at radius 1 is 1.42 bits per heavy atom. The summed E-state index contributed by atoms with van der Waals surface area (Å²) < 4.78 is 13.1. The summed E-state index contributed by atoms with van der Waals surface area (Å²) in [6.45, 7) is 3.78. The SMILES string of the molecule is CC(C)c1ccc(CO)c(F)c1. The maximum Gasteiger partial charge on any atom is 0.128 e. The van der Waals surface area contributed by atoms with Crippen molar-refractivity contribution in [3.63, 3.8) is 0 Å². The molecule has 12 heavy (non-hydrogen) atoms. The van der Waals surface area contributed by atoms with E-state index in [-0.39, 0.29) is 12.4 Å². The van der Waals surface area contributed by atoms with Gasteiger partial charge < -0.3 is 5.11 Å². The first-order valence-corrected chi connectivity index (χ1v) is 4.04. The molecule has 0 unspecified atom stereocenters. The van der Waals surface area contributed by atoms with Crippen LogP contribution in [0.4, 0.5) is 4.39 Å². The Balaban J connectivity index is 3.02. The van der Waals surface area contributed by atoms with Gasteiger partial charge in [-0.15, -0.1) is 0 Å². The standard InChI is InChI=1S/C10H13FO/c1-7(2)8-3-4-9(6-12)10(11)5-8/h3-5,7,12H,6H2,1-2H3. The van der Waals surface area contributed by atoms with E-state index in [9.17, 15) is 4.39 Å². The molecule has 0 amide bonds. The molecule has 0 aliphatic heterocycles. The molecule has 0 atom stereocenters. The van der Waals surface area contributed by atoms with Gasteiger partial charge in [0.25, 0.3) is 0 Å². The molecule has 0 radical (unpaired) electrons. The van der Waals surface area contributed by atoms with Crippen molar-refractivity contribution < 1.29 is 9.50 Å². The van der Waals surface area contributed by atoms with Crippen LogP contribution in [0.3, 0.4) is 0 Å². The summed E-state index contributed by atoms with van der Waals surface area (Å²) in [6, 6.07) is 4.96. The Kier molecular flexibility index (Phi) is 2.82. The van der Waals surface area contributed by atoms with E-state index in [0.29, 0.717) is 11.5 Å². The zero-order valence-electron chi connectivity index (χ0n) is 7.34. The van der Waals surface area contributed by atoms with Crippen LogP contribution in [0.1, 0.15) is 30.9 Å². The number of hydrogen-bond donors (Lipinski definition) is 1. The fraction of sp³-hybridized carbons (Fsp3) is 0.400. The Hall–Kier alpha value is -0.890. The molecule has 2 heteroatoms. The predicted octanol–water partition coefficient (Wildman–Crippen LogP) is 2.44. The monoisotopic (exact) mass is 168 g/mol. The van der Waals surface area contributed by atoms with Crippen molar-refractivity contribution in [3.05, 3.63) is 35.1 Å². The Labute approximate surface area is 71.9 Å². The molecule has 66 valence electrons. The topological polar surface area (TPSA) is 20.2 Å². The van der Waals surface area contributed by atoms with Crippen molar-refractivity contribution in [1.29, 1.82) is 0 Å². The minimum Gasteiger partial charge on any atom is -0.392 e. The van der Waals surface area contributed by atoms with Gasteiger partial charge in [-0.2, -0.15) is 0 Å². The summed E-state index contributed by atoms with van der Waals surface area (Å²) in [5.41, 5.74) is 1.32. The molecule has 1 nitrogen and oxygen atoms in total. The van der Waals surface area contributed by atoms with Crippen molar-refractivity contribution in [2.75, 3.05) is 0 Å². The van der Waals surface area contributed by atoms with E-state index in [2.05, 4.69) is 0 Å². The highest BCUT2D eigenvalue weighted by molar-refractivity contribution is 5.25. The third kappa shape index (κ3) is 1.83. The average Bonchev–Trinajstić information content (AvgIpc) is 2.04. The van der Waals surface area contributed by atoms with Gasteiger partial charge in [-0.3, -0.25) is 0 Å². The minimum absolute atomic E-state index is 0.232. The predicted molar refractivity (Wildman–Crippen MR) is 46.4 cm³/mol. The molecule has 0 bridgehead atoms. The zero-order valence-corrected chi connectivity index (χ0v) is 7.34. The summed E-state index contributed by atoms with van der Waals surface area (Å²) in [6.07, 6.45) is 0. The Morgan fingerprint density at radius 2 is 2.08 bits per heavy atom. The van der Waals surface area contributed by atoms with Crippen LogP contribution in [0.25, 0.3) is 0 Å². The molecular formula is C10H13FO. The molecule has 0 aliphatic rings. The number of rotatable bonds is 2. The minimum atomic E-state index is -0.316. The van der Waals surface area contributed by atoms with Crippen LogP contribution in [-0.4, -0.2) is 5.11 Å². The second-order valence-electron chi connectivity index (χ2n) is 3.16. The van der Waals surface area contributed by atoms with Crippen LogP contribution in [0.15, 0.2) is 18.2 Å². The van der Waals surface area contributed by atoms with E-state index in [0.717, 1.165) is 5.56 Å². The average molecular weight is 168 g/mol. The summed E-state index contributed by atoms with van der Waals surface area (Å²) in [5.74, 6) is 0.0101. The lowest BCUT2D eigenvalue weighted by molar-refractivity contribution is 0.275. The van der Waals surface area contributed by atoms with Crippen LogP contribution in [0.2, 0.25) is 0 Å². The Morgan fingerprint density at radius 3 is 2.50 bits per heavy atom. The summed E-state index contributed by atoms with van der Waals surface area (Å²) >= 11 is 0. The fourth-order valence-corrected chi connectivity index (χ4v) is 1.05. The van der Waals surface area contributed by atoms with Gasteiger partial charge in [-0.05, 0) is 17.5 Å². The number of benzene rings is 1. The Bertz CT molecular complexity index is 269. The summed E-state index contributed by atoms with van der Waals surface area (Å²) in [7, 11) is 0. The molecule has 0 fully saturated rings. The van der Waals surface area contributed by atoms with E-state index in [1.54, 1.807) is 6.07 Å². The molecule has 1 rings (SSSR count). The molecule has 1 aromatic carbocycles. The molecule has 1 aromatic rings. The molecule has 0 saturated carbocycles. The lowest BCUT2D eigenvalue weighted by Gasteiger charge is -2.06.